The van der Waals surface area contributed by atoms with Crippen molar-refractivity contribution in [2.75, 3.05) is 6.54 Å². The first-order valence-electron chi connectivity index (χ1n) is 5.71. The molecule has 1 aromatic carbocycles. The van der Waals surface area contributed by atoms with Crippen LogP contribution in [0, 0.1) is 5.41 Å². The van der Waals surface area contributed by atoms with Crippen LogP contribution in [-0.4, -0.2) is 18.5 Å². The molecule has 18 heavy (non-hydrogen) atoms. The first-order chi connectivity index (χ1) is 8.25. The van der Waals surface area contributed by atoms with Gasteiger partial charge in [0.05, 0.1) is 10.6 Å². The Bertz CT molecular complexity index is 443. The minimum absolute atomic E-state index is 0.0910. The van der Waals surface area contributed by atoms with Gasteiger partial charge in [-0.25, -0.2) is 0 Å². The Kier molecular flexibility index (Phi) is 5.20. The molecule has 3 N–H and O–H groups in total. The summed E-state index contributed by atoms with van der Waals surface area (Å²) >= 11 is 9.35. The molecule has 0 aliphatic rings. The fourth-order valence-corrected chi connectivity index (χ4v) is 2.30. The van der Waals surface area contributed by atoms with Crippen LogP contribution in [0.15, 0.2) is 22.7 Å². The fraction of sp³-hybridized carbons (Fsp3) is 0.462. The normalized spacial score (nSPS) is 13.2. The number of hydrogen-bond donors (Lipinski definition) is 2. The predicted molar refractivity (Wildman–Crippen MR) is 78.9 cm³/mol. The maximum absolute atomic E-state index is 12.1. The van der Waals surface area contributed by atoms with Crippen molar-refractivity contribution in [3.63, 3.8) is 0 Å². The third-order valence-electron chi connectivity index (χ3n) is 2.76. The SMILES string of the molecule is CC(C)(C)C(CN)NC(=O)c1ccc(Br)cc1Cl. The third-order valence-corrected chi connectivity index (χ3v) is 3.57. The largest absolute Gasteiger partial charge is 0.347 e. The molecule has 0 spiro atoms. The lowest BCUT2D eigenvalue weighted by Crippen LogP contribution is -2.48. The number of nitrogens with two attached hydrogens (primary N) is 1. The summed E-state index contributed by atoms with van der Waals surface area (Å²) in [4.78, 5) is 12.1. The smallest absolute Gasteiger partial charge is 0.253 e. The lowest BCUT2D eigenvalue weighted by Gasteiger charge is -2.30. The molecule has 5 heteroatoms. The number of rotatable bonds is 3. The predicted octanol–water partition coefficient (Wildman–Crippen LogP) is 3.21. The van der Waals surface area contributed by atoms with Crippen LogP contribution in [0.2, 0.25) is 5.02 Å². The Hall–Kier alpha value is -0.580. The summed E-state index contributed by atoms with van der Waals surface area (Å²) in [6.07, 6.45) is 0. The van der Waals surface area contributed by atoms with Crippen LogP contribution in [0.3, 0.4) is 0 Å². The van der Waals surface area contributed by atoms with E-state index in [0.29, 0.717) is 17.1 Å². The van der Waals surface area contributed by atoms with Gasteiger partial charge in [-0.2, -0.15) is 0 Å². The van der Waals surface area contributed by atoms with Crippen LogP contribution in [0.5, 0.6) is 0 Å². The highest BCUT2D eigenvalue weighted by Gasteiger charge is 2.25. The Morgan fingerprint density at radius 3 is 2.56 bits per heavy atom. The zero-order valence-corrected chi connectivity index (χ0v) is 13.1. The summed E-state index contributed by atoms with van der Waals surface area (Å²) in [5, 5.41) is 3.34. The van der Waals surface area contributed by atoms with E-state index in [0.717, 1.165) is 4.47 Å². The molecule has 0 bridgehead atoms. The monoisotopic (exact) mass is 332 g/mol. The van der Waals surface area contributed by atoms with Crippen LogP contribution in [-0.2, 0) is 0 Å². The third kappa shape index (κ3) is 3.97. The van der Waals surface area contributed by atoms with E-state index >= 15 is 0 Å². The second kappa shape index (κ2) is 6.04. The van der Waals surface area contributed by atoms with Crippen LogP contribution in [0.1, 0.15) is 31.1 Å². The van der Waals surface area contributed by atoms with Gasteiger partial charge in [0.1, 0.15) is 0 Å². The summed E-state index contributed by atoms with van der Waals surface area (Å²) in [5.41, 5.74) is 6.06. The molecular weight excluding hydrogens is 316 g/mol. The molecule has 0 saturated heterocycles. The molecular formula is C13H18BrClN2O. The summed E-state index contributed by atoms with van der Waals surface area (Å²) in [7, 11) is 0. The summed E-state index contributed by atoms with van der Waals surface area (Å²) in [5.74, 6) is -0.196. The molecule has 0 aromatic heterocycles. The number of carbonyl (C=O) groups excluding carboxylic acids is 1. The Morgan fingerprint density at radius 2 is 2.11 bits per heavy atom. The van der Waals surface area contributed by atoms with Gasteiger partial charge in [0, 0.05) is 17.1 Å². The average Bonchev–Trinajstić information content (AvgIpc) is 2.23. The van der Waals surface area contributed by atoms with Gasteiger partial charge >= 0.3 is 0 Å². The van der Waals surface area contributed by atoms with Crippen LogP contribution in [0.25, 0.3) is 0 Å². The van der Waals surface area contributed by atoms with Gasteiger partial charge in [0.25, 0.3) is 5.91 Å². The number of benzene rings is 1. The van der Waals surface area contributed by atoms with E-state index < -0.39 is 0 Å². The maximum Gasteiger partial charge on any atom is 0.253 e. The first-order valence-corrected chi connectivity index (χ1v) is 6.88. The minimum atomic E-state index is -0.196. The number of amides is 1. The van der Waals surface area contributed by atoms with Gasteiger partial charge in [-0.3, -0.25) is 4.79 Å². The molecule has 3 nitrogen and oxygen atoms in total. The molecule has 0 aliphatic heterocycles. The lowest BCUT2D eigenvalue weighted by atomic mass is 9.86. The number of nitrogens with one attached hydrogen (secondary N) is 1. The minimum Gasteiger partial charge on any atom is -0.347 e. The fourth-order valence-electron chi connectivity index (χ4n) is 1.54. The van der Waals surface area contributed by atoms with Gasteiger partial charge in [-0.1, -0.05) is 48.3 Å². The molecule has 0 heterocycles. The topological polar surface area (TPSA) is 55.1 Å². The van der Waals surface area contributed by atoms with Crippen LogP contribution < -0.4 is 11.1 Å². The van der Waals surface area contributed by atoms with Gasteiger partial charge in [-0.15, -0.1) is 0 Å². The lowest BCUT2D eigenvalue weighted by molar-refractivity contribution is 0.0905. The van der Waals surface area contributed by atoms with E-state index in [4.69, 9.17) is 17.3 Å². The summed E-state index contributed by atoms with van der Waals surface area (Å²) in [6, 6.07) is 5.09. The van der Waals surface area contributed by atoms with E-state index in [1.807, 2.05) is 20.8 Å². The van der Waals surface area contributed by atoms with Crippen molar-refractivity contribution < 1.29 is 4.79 Å². The molecule has 1 unspecified atom stereocenters. The van der Waals surface area contributed by atoms with Gasteiger partial charge in [0.2, 0.25) is 0 Å². The molecule has 0 aliphatic carbocycles. The van der Waals surface area contributed by atoms with Crippen molar-refractivity contribution >= 4 is 33.4 Å². The number of halogens is 2. The van der Waals surface area contributed by atoms with Crippen molar-refractivity contribution in [2.45, 2.75) is 26.8 Å². The molecule has 0 fully saturated rings. The van der Waals surface area contributed by atoms with E-state index in [-0.39, 0.29) is 17.4 Å². The highest BCUT2D eigenvalue weighted by atomic mass is 79.9. The van der Waals surface area contributed by atoms with Gasteiger partial charge in [-0.05, 0) is 23.6 Å². The number of carbonyl (C=O) groups is 1. The number of hydrogen-bond acceptors (Lipinski definition) is 2. The Labute approximate surface area is 121 Å². The zero-order valence-electron chi connectivity index (χ0n) is 10.8. The molecule has 0 saturated carbocycles. The maximum atomic E-state index is 12.1. The molecule has 1 rings (SSSR count). The molecule has 1 atom stereocenters. The van der Waals surface area contributed by atoms with E-state index in [2.05, 4.69) is 21.2 Å². The van der Waals surface area contributed by atoms with Crippen molar-refractivity contribution in [1.29, 1.82) is 0 Å². The van der Waals surface area contributed by atoms with E-state index in [1.165, 1.54) is 0 Å². The molecule has 1 aromatic rings. The Morgan fingerprint density at radius 1 is 1.50 bits per heavy atom. The molecule has 1 amide bonds. The standard InChI is InChI=1S/C13H18BrClN2O/c1-13(2,3)11(7-16)17-12(18)9-5-4-8(14)6-10(9)15/h4-6,11H,7,16H2,1-3H3,(H,17,18). The highest BCUT2D eigenvalue weighted by molar-refractivity contribution is 9.10. The van der Waals surface area contributed by atoms with Crippen molar-refractivity contribution in [3.8, 4) is 0 Å². The summed E-state index contributed by atoms with van der Waals surface area (Å²) < 4.78 is 0.843. The average molecular weight is 334 g/mol. The van der Waals surface area contributed by atoms with Crippen LogP contribution >= 0.6 is 27.5 Å². The second-order valence-electron chi connectivity index (χ2n) is 5.25. The first kappa shape index (κ1) is 15.5. The molecule has 0 radical (unpaired) electrons. The van der Waals surface area contributed by atoms with E-state index in [9.17, 15) is 4.79 Å². The van der Waals surface area contributed by atoms with Gasteiger partial charge < -0.3 is 11.1 Å². The summed E-state index contributed by atoms with van der Waals surface area (Å²) in [6.45, 7) is 6.50. The van der Waals surface area contributed by atoms with Gasteiger partial charge in [0.15, 0.2) is 0 Å². The van der Waals surface area contributed by atoms with Crippen LogP contribution in [0.4, 0.5) is 0 Å². The van der Waals surface area contributed by atoms with Crippen molar-refractivity contribution in [2.24, 2.45) is 11.1 Å². The van der Waals surface area contributed by atoms with Crippen molar-refractivity contribution in [1.82, 2.24) is 5.32 Å². The van der Waals surface area contributed by atoms with Crippen molar-refractivity contribution in [3.05, 3.63) is 33.3 Å². The van der Waals surface area contributed by atoms with E-state index in [1.54, 1.807) is 18.2 Å². The second-order valence-corrected chi connectivity index (χ2v) is 6.57. The molecule has 100 valence electrons. The zero-order chi connectivity index (χ0) is 13.9. The quantitative estimate of drug-likeness (QED) is 0.892. The Balaban J connectivity index is 2.88. The highest BCUT2D eigenvalue weighted by Crippen LogP contribution is 2.23.